The van der Waals surface area contributed by atoms with E-state index in [1.807, 2.05) is 170 Å². The number of guanidine groups is 2. The highest BCUT2D eigenvalue weighted by Gasteiger charge is 2.23. The summed E-state index contributed by atoms with van der Waals surface area (Å²) >= 11 is 0. The molecule has 2 saturated heterocycles. The van der Waals surface area contributed by atoms with Gasteiger partial charge in [-0.25, -0.2) is 19.6 Å². The molecule has 2 heterocycles. The van der Waals surface area contributed by atoms with Crippen LogP contribution in [0.4, 0.5) is 9.59 Å². The zero-order valence-electron chi connectivity index (χ0n) is 44.3. The molecule has 4 unspecified atom stereocenters. The van der Waals surface area contributed by atoms with Gasteiger partial charge < -0.3 is 42.2 Å². The summed E-state index contributed by atoms with van der Waals surface area (Å²) in [4.78, 5) is 59.3. The van der Waals surface area contributed by atoms with Crippen LogP contribution in [0, 0.1) is 0 Å². The molecule has 6 aromatic carbocycles. The number of nitrogens with zero attached hydrogens (tertiary/aromatic N) is 2. The smallest absolute Gasteiger partial charge is 0.321 e. The summed E-state index contributed by atoms with van der Waals surface area (Å²) in [6.07, 6.45) is 7.60. The number of rotatable bonds is 20. The van der Waals surface area contributed by atoms with E-state index < -0.39 is 12.1 Å². The standard InChI is InChI=1S/2C31H37N5O3/c2*32-30(36-31(38)35-22-27-16-7-8-17-39-27)34-21-25-13-9-12-24(18-25)20-33-29(37)28(26-14-5-2-6-15-26)19-23-10-3-1-4-11-23/h2*1-6,9-15,18,27-28H,7-8,16-17,19-22H2,(H,33,37)(H4,32,34,35,36,38). The summed E-state index contributed by atoms with van der Waals surface area (Å²) in [5.74, 6) is -0.533. The van der Waals surface area contributed by atoms with Crippen LogP contribution in [0.25, 0.3) is 0 Å². The SMILES string of the molecule is NC(=NCc1cccc(CNC(=O)C(Cc2ccccc2)c2ccccc2)c1)NC(=O)NCC1CCCCO1.NC(=NCc1cccc(CNC(=O)C(Cc2ccccc2)c2ccccc2)c1)NC(=O)NCC1CCCCO1. The topological polar surface area (TPSA) is 236 Å². The fourth-order valence-electron chi connectivity index (χ4n) is 9.20. The van der Waals surface area contributed by atoms with E-state index in [9.17, 15) is 19.2 Å². The van der Waals surface area contributed by atoms with Gasteiger partial charge in [0.05, 0.1) is 37.1 Å². The Kier molecular flexibility index (Phi) is 23.3. The summed E-state index contributed by atoms with van der Waals surface area (Å²) in [7, 11) is 0. The molecule has 2 aliphatic heterocycles. The lowest BCUT2D eigenvalue weighted by atomic mass is 9.91. The first-order chi connectivity index (χ1) is 38.1. The molecule has 0 spiro atoms. The molecule has 2 fully saturated rings. The van der Waals surface area contributed by atoms with Crippen molar-refractivity contribution in [1.82, 2.24) is 31.9 Å². The molecule has 10 N–H and O–H groups in total. The predicted octanol–water partition coefficient (Wildman–Crippen LogP) is 8.02. The van der Waals surface area contributed by atoms with Crippen molar-refractivity contribution >= 4 is 35.8 Å². The van der Waals surface area contributed by atoms with Gasteiger partial charge in [-0.2, -0.15) is 0 Å². The maximum absolute atomic E-state index is 13.3. The van der Waals surface area contributed by atoms with Crippen LogP contribution in [0.2, 0.25) is 0 Å². The molecular weight excluding hydrogens is 981 g/mol. The lowest BCUT2D eigenvalue weighted by molar-refractivity contribution is -0.123. The van der Waals surface area contributed by atoms with E-state index in [1.54, 1.807) is 0 Å². The Morgan fingerprint density at radius 2 is 0.808 bits per heavy atom. The van der Waals surface area contributed by atoms with Gasteiger partial charge in [0, 0.05) is 39.4 Å². The number of urea groups is 2. The molecule has 6 amide bonds. The minimum Gasteiger partial charge on any atom is -0.376 e. The lowest BCUT2D eigenvalue weighted by Gasteiger charge is -2.22. The second kappa shape index (κ2) is 31.6. The quantitative estimate of drug-likeness (QED) is 0.0275. The second-order valence-corrected chi connectivity index (χ2v) is 19.4. The van der Waals surface area contributed by atoms with Crippen molar-refractivity contribution < 1.29 is 28.7 Å². The Balaban J connectivity index is 0.000000226. The third-order valence-corrected chi connectivity index (χ3v) is 13.4. The van der Waals surface area contributed by atoms with Gasteiger partial charge in [0.15, 0.2) is 11.9 Å². The Morgan fingerprint density at radius 3 is 1.18 bits per heavy atom. The van der Waals surface area contributed by atoms with Crippen molar-refractivity contribution in [2.45, 2.75) is 102 Å². The molecule has 0 aliphatic carbocycles. The number of hydrogen-bond acceptors (Lipinski definition) is 8. The fraction of sp³-hybridized carbons (Fsp3) is 0.323. The molecule has 0 radical (unpaired) electrons. The van der Waals surface area contributed by atoms with Gasteiger partial charge in [-0.15, -0.1) is 0 Å². The minimum atomic E-state index is -0.398. The average molecular weight is 1060 g/mol. The molecular formula is C62H74N10O6. The van der Waals surface area contributed by atoms with Crippen LogP contribution >= 0.6 is 0 Å². The van der Waals surface area contributed by atoms with Crippen molar-refractivity contribution in [2.75, 3.05) is 26.3 Å². The molecule has 16 heteroatoms. The fourth-order valence-corrected chi connectivity index (χ4v) is 9.20. The Hall–Kier alpha value is -8.34. The normalized spacial score (nSPS) is 16.2. The first kappa shape index (κ1) is 57.4. The highest BCUT2D eigenvalue weighted by Crippen LogP contribution is 2.24. The maximum Gasteiger partial charge on any atom is 0.321 e. The average Bonchev–Trinajstić information content (AvgIpc) is 3.48. The molecule has 8 rings (SSSR count). The number of amides is 6. The highest BCUT2D eigenvalue weighted by molar-refractivity contribution is 5.96. The zero-order chi connectivity index (χ0) is 54.6. The van der Waals surface area contributed by atoms with Crippen molar-refractivity contribution in [3.05, 3.63) is 214 Å². The molecule has 16 nitrogen and oxygen atoms in total. The van der Waals surface area contributed by atoms with Crippen molar-refractivity contribution in [1.29, 1.82) is 0 Å². The van der Waals surface area contributed by atoms with Gasteiger partial charge in [0.2, 0.25) is 11.8 Å². The van der Waals surface area contributed by atoms with E-state index in [0.717, 1.165) is 96.2 Å². The first-order valence-corrected chi connectivity index (χ1v) is 26.9. The molecule has 4 atom stereocenters. The monoisotopic (exact) mass is 1050 g/mol. The largest absolute Gasteiger partial charge is 0.376 e. The van der Waals surface area contributed by atoms with Gasteiger partial charge in [-0.05, 0) is 95.9 Å². The maximum atomic E-state index is 13.3. The Morgan fingerprint density at radius 1 is 0.449 bits per heavy atom. The lowest BCUT2D eigenvalue weighted by Crippen LogP contribution is -2.46. The van der Waals surface area contributed by atoms with Crippen LogP contribution < -0.4 is 43.4 Å². The molecule has 0 aromatic heterocycles. The molecule has 2 aliphatic rings. The zero-order valence-corrected chi connectivity index (χ0v) is 44.3. The van der Waals surface area contributed by atoms with E-state index in [0.29, 0.717) is 52.1 Å². The molecule has 0 bridgehead atoms. The van der Waals surface area contributed by atoms with E-state index in [2.05, 4.69) is 41.9 Å². The van der Waals surface area contributed by atoms with E-state index in [1.165, 1.54) is 0 Å². The Bertz CT molecular complexity index is 2650. The van der Waals surface area contributed by atoms with Crippen LogP contribution in [0.5, 0.6) is 0 Å². The van der Waals surface area contributed by atoms with Gasteiger partial charge in [-0.3, -0.25) is 20.2 Å². The number of nitrogens with one attached hydrogen (secondary N) is 6. The number of ether oxygens (including phenoxy) is 2. The molecule has 408 valence electrons. The predicted molar refractivity (Wildman–Crippen MR) is 306 cm³/mol. The van der Waals surface area contributed by atoms with Gasteiger partial charge >= 0.3 is 12.1 Å². The summed E-state index contributed by atoms with van der Waals surface area (Å²) < 4.78 is 11.2. The minimum absolute atomic E-state index is 0.0217. The molecule has 78 heavy (non-hydrogen) atoms. The molecule has 6 aromatic rings. The number of carbonyl (C=O) groups is 4. The highest BCUT2D eigenvalue weighted by atomic mass is 16.5. The Labute approximate surface area is 458 Å². The second-order valence-electron chi connectivity index (χ2n) is 19.4. The van der Waals surface area contributed by atoms with Crippen molar-refractivity contribution in [2.24, 2.45) is 21.5 Å². The number of carbonyl (C=O) groups excluding carboxylic acids is 4. The summed E-state index contributed by atoms with van der Waals surface area (Å²) in [5, 5.41) is 16.9. The van der Waals surface area contributed by atoms with Crippen molar-refractivity contribution in [3.8, 4) is 0 Å². The number of aliphatic imine (C=N–C) groups is 2. The van der Waals surface area contributed by atoms with Gasteiger partial charge in [-0.1, -0.05) is 170 Å². The van der Waals surface area contributed by atoms with Gasteiger partial charge in [0.1, 0.15) is 0 Å². The van der Waals surface area contributed by atoms with E-state index >= 15 is 0 Å². The summed E-state index contributed by atoms with van der Waals surface area (Å²) in [6, 6.07) is 54.6. The van der Waals surface area contributed by atoms with Crippen LogP contribution in [0.1, 0.15) is 94.9 Å². The number of benzene rings is 6. The van der Waals surface area contributed by atoms with E-state index in [4.69, 9.17) is 20.9 Å². The van der Waals surface area contributed by atoms with E-state index in [-0.39, 0.29) is 47.8 Å². The molecule has 0 saturated carbocycles. The van der Waals surface area contributed by atoms with Crippen LogP contribution in [-0.2, 0) is 58.1 Å². The van der Waals surface area contributed by atoms with Gasteiger partial charge in [0.25, 0.3) is 0 Å². The summed E-state index contributed by atoms with van der Waals surface area (Å²) in [6.45, 7) is 3.78. The summed E-state index contributed by atoms with van der Waals surface area (Å²) in [5.41, 5.74) is 19.8. The number of nitrogens with two attached hydrogens (primary N) is 2. The van der Waals surface area contributed by atoms with Crippen molar-refractivity contribution in [3.63, 3.8) is 0 Å². The van der Waals surface area contributed by atoms with Crippen LogP contribution in [-0.4, -0.2) is 74.3 Å². The van der Waals surface area contributed by atoms with Crippen LogP contribution in [0.15, 0.2) is 180 Å². The third kappa shape index (κ3) is 20.3. The number of hydrogen-bond donors (Lipinski definition) is 8. The first-order valence-electron chi connectivity index (χ1n) is 26.9. The van der Waals surface area contributed by atoms with Crippen LogP contribution in [0.3, 0.4) is 0 Å². The third-order valence-electron chi connectivity index (χ3n) is 13.4.